The smallest absolute Gasteiger partial charge is 0.259 e. The minimum atomic E-state index is -0.329. The van der Waals surface area contributed by atoms with E-state index in [0.29, 0.717) is 22.5 Å². The van der Waals surface area contributed by atoms with Gasteiger partial charge in [-0.05, 0) is 55.0 Å². The number of aryl methyl sites for hydroxylation is 1. The third-order valence-electron chi connectivity index (χ3n) is 3.43. The van der Waals surface area contributed by atoms with Crippen molar-refractivity contribution in [2.75, 3.05) is 5.32 Å². The first-order chi connectivity index (χ1) is 11.0. The number of rotatable bonds is 3. The number of nitrogens with one attached hydrogen (secondary N) is 2. The number of hydrogen-bond donors (Lipinski definition) is 2. The van der Waals surface area contributed by atoms with Gasteiger partial charge in [-0.3, -0.25) is 9.89 Å². The summed E-state index contributed by atoms with van der Waals surface area (Å²) in [7, 11) is 0. The van der Waals surface area contributed by atoms with Gasteiger partial charge < -0.3 is 5.32 Å². The van der Waals surface area contributed by atoms with E-state index < -0.39 is 0 Å². The molecule has 0 aliphatic rings. The van der Waals surface area contributed by atoms with Crippen LogP contribution < -0.4 is 5.32 Å². The van der Waals surface area contributed by atoms with Gasteiger partial charge in [0.25, 0.3) is 5.91 Å². The van der Waals surface area contributed by atoms with Crippen molar-refractivity contribution < 1.29 is 9.18 Å². The molecule has 1 amide bonds. The lowest BCUT2D eigenvalue weighted by Gasteiger charge is -2.07. The molecule has 0 fully saturated rings. The Kier molecular flexibility index (Phi) is 4.25. The summed E-state index contributed by atoms with van der Waals surface area (Å²) >= 11 is 3.42. The largest absolute Gasteiger partial charge is 0.322 e. The molecule has 4 nitrogen and oxygen atoms in total. The average Bonchev–Trinajstić information content (AvgIpc) is 3.01. The van der Waals surface area contributed by atoms with E-state index in [-0.39, 0.29) is 11.7 Å². The van der Waals surface area contributed by atoms with E-state index in [1.807, 2.05) is 25.1 Å². The highest BCUT2D eigenvalue weighted by Gasteiger charge is 2.15. The fourth-order valence-electron chi connectivity index (χ4n) is 2.22. The molecule has 0 radical (unpaired) electrons. The number of H-pyrrole nitrogens is 1. The maximum atomic E-state index is 13.0. The molecule has 0 atom stereocenters. The van der Waals surface area contributed by atoms with E-state index in [1.54, 1.807) is 12.1 Å². The molecule has 2 aromatic carbocycles. The van der Waals surface area contributed by atoms with Gasteiger partial charge in [0.05, 0.1) is 17.5 Å². The van der Waals surface area contributed by atoms with Gasteiger partial charge in [0.2, 0.25) is 0 Å². The number of carbonyl (C=O) groups is 1. The molecular weight excluding hydrogens is 361 g/mol. The fraction of sp³-hybridized carbons (Fsp3) is 0.0588. The van der Waals surface area contributed by atoms with Crippen molar-refractivity contribution in [3.05, 3.63) is 70.1 Å². The highest BCUT2D eigenvalue weighted by atomic mass is 79.9. The van der Waals surface area contributed by atoms with Gasteiger partial charge in [-0.15, -0.1) is 0 Å². The second-order valence-electron chi connectivity index (χ2n) is 5.08. The maximum absolute atomic E-state index is 13.0. The fourth-order valence-corrected chi connectivity index (χ4v) is 2.46. The molecule has 3 rings (SSSR count). The summed E-state index contributed by atoms with van der Waals surface area (Å²) in [5.41, 5.74) is 3.37. The summed E-state index contributed by atoms with van der Waals surface area (Å²) in [5, 5.41) is 9.56. The molecule has 2 N–H and O–H groups in total. The first-order valence-electron chi connectivity index (χ1n) is 6.91. The van der Waals surface area contributed by atoms with E-state index in [1.165, 1.54) is 18.3 Å². The third kappa shape index (κ3) is 3.32. The van der Waals surface area contributed by atoms with Crippen LogP contribution in [0.25, 0.3) is 11.3 Å². The van der Waals surface area contributed by atoms with Crippen molar-refractivity contribution in [3.8, 4) is 11.3 Å². The van der Waals surface area contributed by atoms with Crippen molar-refractivity contribution in [2.24, 2.45) is 0 Å². The molecular formula is C17H13BrFN3O. The zero-order chi connectivity index (χ0) is 16.4. The van der Waals surface area contributed by atoms with Crippen LogP contribution in [0.5, 0.6) is 0 Å². The lowest BCUT2D eigenvalue weighted by Crippen LogP contribution is -2.12. The number of hydrogen-bond acceptors (Lipinski definition) is 2. The van der Waals surface area contributed by atoms with Crippen molar-refractivity contribution in [2.45, 2.75) is 6.92 Å². The minimum absolute atomic E-state index is 0.278. The van der Waals surface area contributed by atoms with Crippen LogP contribution in [0.4, 0.5) is 10.1 Å². The topological polar surface area (TPSA) is 57.8 Å². The zero-order valence-electron chi connectivity index (χ0n) is 12.2. The molecule has 0 saturated heterocycles. The van der Waals surface area contributed by atoms with E-state index in [0.717, 1.165) is 10.0 Å². The zero-order valence-corrected chi connectivity index (χ0v) is 13.8. The summed E-state index contributed by atoms with van der Waals surface area (Å²) < 4.78 is 14.0. The van der Waals surface area contributed by atoms with Crippen molar-refractivity contribution >= 4 is 27.5 Å². The summed E-state index contributed by atoms with van der Waals surface area (Å²) in [5.74, 6) is -0.607. The molecule has 1 heterocycles. The van der Waals surface area contributed by atoms with Gasteiger partial charge >= 0.3 is 0 Å². The number of nitrogens with zero attached hydrogens (tertiary/aromatic N) is 1. The molecule has 0 aliphatic carbocycles. The van der Waals surface area contributed by atoms with Crippen LogP contribution >= 0.6 is 15.9 Å². The van der Waals surface area contributed by atoms with E-state index in [2.05, 4.69) is 31.4 Å². The lowest BCUT2D eigenvalue weighted by atomic mass is 10.1. The highest BCUT2D eigenvalue weighted by Crippen LogP contribution is 2.24. The van der Waals surface area contributed by atoms with Crippen LogP contribution in [0.3, 0.4) is 0 Å². The second kappa shape index (κ2) is 6.34. The van der Waals surface area contributed by atoms with Crippen molar-refractivity contribution in [1.82, 2.24) is 10.2 Å². The summed E-state index contributed by atoms with van der Waals surface area (Å²) in [4.78, 5) is 12.5. The summed E-state index contributed by atoms with van der Waals surface area (Å²) in [6, 6.07) is 11.5. The monoisotopic (exact) mass is 373 g/mol. The average molecular weight is 374 g/mol. The molecule has 3 aromatic rings. The van der Waals surface area contributed by atoms with Crippen LogP contribution in [0.15, 0.2) is 53.1 Å². The van der Waals surface area contributed by atoms with Gasteiger partial charge in [-0.2, -0.15) is 5.10 Å². The Bertz CT molecular complexity index is 859. The Morgan fingerprint density at radius 1 is 1.22 bits per heavy atom. The summed E-state index contributed by atoms with van der Waals surface area (Å²) in [6.45, 7) is 1.95. The number of carbonyl (C=O) groups excluding carboxylic acids is 1. The molecule has 23 heavy (non-hydrogen) atoms. The maximum Gasteiger partial charge on any atom is 0.259 e. The first-order valence-corrected chi connectivity index (χ1v) is 7.70. The molecule has 0 unspecified atom stereocenters. The van der Waals surface area contributed by atoms with Crippen LogP contribution in [0, 0.1) is 12.7 Å². The van der Waals surface area contributed by atoms with Crippen LogP contribution in [0.2, 0.25) is 0 Å². The Hall–Kier alpha value is -2.47. The Morgan fingerprint density at radius 2 is 1.96 bits per heavy atom. The van der Waals surface area contributed by atoms with E-state index >= 15 is 0 Å². The third-order valence-corrected chi connectivity index (χ3v) is 4.32. The van der Waals surface area contributed by atoms with E-state index in [9.17, 15) is 9.18 Å². The normalized spacial score (nSPS) is 10.6. The number of halogens is 2. The van der Waals surface area contributed by atoms with Crippen LogP contribution in [0.1, 0.15) is 15.9 Å². The Morgan fingerprint density at radius 3 is 2.65 bits per heavy atom. The van der Waals surface area contributed by atoms with Crippen LogP contribution in [-0.2, 0) is 0 Å². The molecule has 0 spiro atoms. The van der Waals surface area contributed by atoms with Gasteiger partial charge in [0, 0.05) is 15.7 Å². The molecule has 0 bridgehead atoms. The Balaban J connectivity index is 1.87. The number of aromatic amines is 1. The number of benzene rings is 2. The molecule has 0 aliphatic heterocycles. The van der Waals surface area contributed by atoms with Gasteiger partial charge in [-0.1, -0.05) is 15.9 Å². The predicted octanol–water partition coefficient (Wildman–Crippen LogP) is 4.54. The molecule has 1 aromatic heterocycles. The van der Waals surface area contributed by atoms with Crippen LogP contribution in [-0.4, -0.2) is 16.1 Å². The molecule has 6 heteroatoms. The molecule has 0 saturated carbocycles. The van der Waals surface area contributed by atoms with Crippen molar-refractivity contribution in [1.29, 1.82) is 0 Å². The van der Waals surface area contributed by atoms with Gasteiger partial charge in [-0.25, -0.2) is 4.39 Å². The molecule has 116 valence electrons. The SMILES string of the molecule is Cc1cc(NC(=O)c2cn[nH]c2-c2ccc(F)cc2)ccc1Br. The quantitative estimate of drug-likeness (QED) is 0.707. The predicted molar refractivity (Wildman–Crippen MR) is 90.8 cm³/mol. The minimum Gasteiger partial charge on any atom is -0.322 e. The lowest BCUT2D eigenvalue weighted by molar-refractivity contribution is 0.102. The second-order valence-corrected chi connectivity index (χ2v) is 5.94. The highest BCUT2D eigenvalue weighted by molar-refractivity contribution is 9.10. The standard InChI is InChI=1S/C17H13BrFN3O/c1-10-8-13(6-7-15(10)18)21-17(23)14-9-20-22-16(14)11-2-4-12(19)5-3-11/h2-9H,1H3,(H,20,22)(H,21,23). The number of aromatic nitrogens is 2. The van der Waals surface area contributed by atoms with Crippen molar-refractivity contribution in [3.63, 3.8) is 0 Å². The number of anilines is 1. The van der Waals surface area contributed by atoms with Gasteiger partial charge in [0.15, 0.2) is 0 Å². The summed E-state index contributed by atoms with van der Waals surface area (Å²) in [6.07, 6.45) is 1.46. The van der Waals surface area contributed by atoms with E-state index in [4.69, 9.17) is 0 Å². The first kappa shape index (κ1) is 15.4. The Labute approximate surface area is 140 Å². The number of amides is 1. The van der Waals surface area contributed by atoms with Gasteiger partial charge in [0.1, 0.15) is 5.82 Å².